The second kappa shape index (κ2) is 6.35. The molecule has 21 heavy (non-hydrogen) atoms. The fraction of sp³-hybridized carbons (Fsp3) is 0.538. The molecule has 0 radical (unpaired) electrons. The molecule has 1 saturated carbocycles. The summed E-state index contributed by atoms with van der Waals surface area (Å²) >= 11 is 0. The minimum absolute atomic E-state index is 0.0877. The predicted molar refractivity (Wildman–Crippen MR) is 70.7 cm³/mol. The van der Waals surface area contributed by atoms with E-state index in [0.717, 1.165) is 0 Å². The number of ether oxygens (including phenoxy) is 1. The Morgan fingerprint density at radius 1 is 1.14 bits per heavy atom. The molecule has 0 amide bonds. The molecule has 0 bridgehead atoms. The summed E-state index contributed by atoms with van der Waals surface area (Å²) in [6.07, 6.45) is -4.60. The Labute approximate surface area is 120 Å². The minimum Gasteiger partial charge on any atom is -0.488 e. The van der Waals surface area contributed by atoms with Gasteiger partial charge in [-0.05, 0) is 18.6 Å². The lowest BCUT2D eigenvalue weighted by atomic mass is 9.81. The van der Waals surface area contributed by atoms with Crippen molar-refractivity contribution in [2.45, 2.75) is 30.8 Å². The normalized spacial score (nSPS) is 32.7. The highest BCUT2D eigenvalue weighted by Gasteiger charge is 2.43. The molecule has 1 aliphatic rings. The first-order valence-corrected chi connectivity index (χ1v) is 6.50. The van der Waals surface area contributed by atoms with Gasteiger partial charge in [0.2, 0.25) is 0 Å². The summed E-state index contributed by atoms with van der Waals surface area (Å²) in [5.41, 5.74) is -0.0877. The van der Waals surface area contributed by atoms with Crippen LogP contribution in [0.3, 0.4) is 0 Å². The monoisotopic (exact) mass is 299 g/mol. The van der Waals surface area contributed by atoms with E-state index >= 15 is 0 Å². The molecule has 0 spiro atoms. The van der Waals surface area contributed by atoms with Crippen molar-refractivity contribution in [3.05, 3.63) is 34.4 Å². The van der Waals surface area contributed by atoms with E-state index in [9.17, 15) is 25.4 Å². The smallest absolute Gasteiger partial charge is 0.269 e. The zero-order chi connectivity index (χ0) is 15.6. The molecular weight excluding hydrogens is 282 g/mol. The Balaban J connectivity index is 2.08. The van der Waals surface area contributed by atoms with Gasteiger partial charge in [0.05, 0.1) is 11.0 Å². The maximum atomic E-state index is 10.6. The lowest BCUT2D eigenvalue weighted by Crippen LogP contribution is -2.56. The number of nitro groups is 1. The molecule has 0 aliphatic heterocycles. The van der Waals surface area contributed by atoms with Gasteiger partial charge in [-0.3, -0.25) is 10.1 Å². The van der Waals surface area contributed by atoms with Crippen molar-refractivity contribution in [3.63, 3.8) is 0 Å². The molecule has 5 atom stereocenters. The molecular formula is C13H17NO7. The molecule has 0 saturated heterocycles. The first-order chi connectivity index (χ1) is 9.93. The van der Waals surface area contributed by atoms with Gasteiger partial charge in [-0.2, -0.15) is 0 Å². The summed E-state index contributed by atoms with van der Waals surface area (Å²) in [5, 5.41) is 49.0. The second-order valence-corrected chi connectivity index (χ2v) is 5.06. The van der Waals surface area contributed by atoms with E-state index in [-0.39, 0.29) is 18.7 Å². The number of hydrogen-bond acceptors (Lipinski definition) is 7. The van der Waals surface area contributed by atoms with Crippen molar-refractivity contribution in [2.75, 3.05) is 6.61 Å². The summed E-state index contributed by atoms with van der Waals surface area (Å²) < 4.78 is 5.50. The lowest BCUT2D eigenvalue weighted by molar-refractivity contribution is -0.384. The van der Waals surface area contributed by atoms with Crippen molar-refractivity contribution in [1.29, 1.82) is 0 Å². The first kappa shape index (κ1) is 15.6. The SMILES string of the molecule is O=[N+]([O-])c1ccc(O[C@H]2C[C@H](CO)[C@@H](O)[C@H](O)[C@H]2O)cc1. The number of non-ortho nitro benzene ring substituents is 1. The van der Waals surface area contributed by atoms with E-state index in [1.165, 1.54) is 24.3 Å². The standard InChI is InChI=1S/C13H17NO7/c15-6-7-5-10(12(17)13(18)11(7)16)21-9-3-1-8(2-4-9)14(19)20/h1-4,7,10-13,15-18H,5-6H2/t7-,10+,11-,12+,13+/m1/s1. The van der Waals surface area contributed by atoms with Crippen molar-refractivity contribution in [3.8, 4) is 5.75 Å². The van der Waals surface area contributed by atoms with Crippen LogP contribution in [0, 0.1) is 16.0 Å². The molecule has 1 aliphatic carbocycles. The van der Waals surface area contributed by atoms with Crippen LogP contribution < -0.4 is 4.74 Å². The average molecular weight is 299 g/mol. The maximum absolute atomic E-state index is 10.6. The molecule has 1 fully saturated rings. The van der Waals surface area contributed by atoms with Gasteiger partial charge >= 0.3 is 0 Å². The average Bonchev–Trinajstić information content (AvgIpc) is 2.48. The van der Waals surface area contributed by atoms with Crippen LogP contribution in [0.1, 0.15) is 6.42 Å². The van der Waals surface area contributed by atoms with Gasteiger partial charge in [0.1, 0.15) is 24.1 Å². The van der Waals surface area contributed by atoms with Crippen molar-refractivity contribution < 1.29 is 30.1 Å². The van der Waals surface area contributed by atoms with E-state index < -0.39 is 35.3 Å². The fourth-order valence-electron chi connectivity index (χ4n) is 2.40. The van der Waals surface area contributed by atoms with Gasteiger partial charge in [0.15, 0.2) is 0 Å². The highest BCUT2D eigenvalue weighted by atomic mass is 16.6. The Hall–Kier alpha value is -1.74. The molecule has 2 rings (SSSR count). The molecule has 0 unspecified atom stereocenters. The highest BCUT2D eigenvalue weighted by molar-refractivity contribution is 5.36. The van der Waals surface area contributed by atoms with Crippen LogP contribution in [-0.2, 0) is 0 Å². The number of nitro benzene ring substituents is 1. The topological polar surface area (TPSA) is 133 Å². The van der Waals surface area contributed by atoms with Crippen LogP contribution in [0.5, 0.6) is 5.75 Å². The number of nitrogens with zero attached hydrogens (tertiary/aromatic N) is 1. The summed E-state index contributed by atoms with van der Waals surface area (Å²) in [5.74, 6) is -0.309. The predicted octanol–water partition coefficient (Wildman–Crippen LogP) is -0.563. The quantitative estimate of drug-likeness (QED) is 0.432. The van der Waals surface area contributed by atoms with Gasteiger partial charge in [0, 0.05) is 24.7 Å². The summed E-state index contributed by atoms with van der Waals surface area (Å²) in [7, 11) is 0. The lowest BCUT2D eigenvalue weighted by Gasteiger charge is -2.39. The van der Waals surface area contributed by atoms with Crippen molar-refractivity contribution in [2.24, 2.45) is 5.92 Å². The van der Waals surface area contributed by atoms with Crippen LogP contribution in [0.2, 0.25) is 0 Å². The molecule has 8 nitrogen and oxygen atoms in total. The Morgan fingerprint density at radius 2 is 1.76 bits per heavy atom. The van der Waals surface area contributed by atoms with E-state index in [1.54, 1.807) is 0 Å². The van der Waals surface area contributed by atoms with Gasteiger partial charge in [-0.1, -0.05) is 0 Å². The van der Waals surface area contributed by atoms with Crippen LogP contribution in [0.4, 0.5) is 5.69 Å². The Bertz CT molecular complexity index is 490. The summed E-state index contributed by atoms with van der Waals surface area (Å²) in [6.45, 7) is -0.342. The zero-order valence-electron chi connectivity index (χ0n) is 11.1. The third kappa shape index (κ3) is 3.30. The number of benzene rings is 1. The van der Waals surface area contributed by atoms with Gasteiger partial charge in [-0.15, -0.1) is 0 Å². The Morgan fingerprint density at radius 3 is 2.29 bits per heavy atom. The summed E-state index contributed by atoms with van der Waals surface area (Å²) in [6, 6.07) is 5.30. The minimum atomic E-state index is -1.42. The van der Waals surface area contributed by atoms with Crippen LogP contribution in [0.25, 0.3) is 0 Å². The fourth-order valence-corrected chi connectivity index (χ4v) is 2.40. The number of rotatable bonds is 4. The van der Waals surface area contributed by atoms with Crippen molar-refractivity contribution in [1.82, 2.24) is 0 Å². The number of aliphatic hydroxyl groups is 4. The zero-order valence-corrected chi connectivity index (χ0v) is 11.1. The molecule has 4 N–H and O–H groups in total. The second-order valence-electron chi connectivity index (χ2n) is 5.06. The Kier molecular flexibility index (Phi) is 4.73. The van der Waals surface area contributed by atoms with Crippen LogP contribution in [-0.4, -0.2) is 56.4 Å². The molecule has 1 aromatic carbocycles. The van der Waals surface area contributed by atoms with Gasteiger partial charge in [-0.25, -0.2) is 0 Å². The van der Waals surface area contributed by atoms with E-state index in [0.29, 0.717) is 5.75 Å². The molecule has 0 heterocycles. The van der Waals surface area contributed by atoms with E-state index in [4.69, 9.17) is 9.84 Å². The molecule has 8 heteroatoms. The van der Waals surface area contributed by atoms with Gasteiger partial charge < -0.3 is 25.2 Å². The van der Waals surface area contributed by atoms with Gasteiger partial charge in [0.25, 0.3) is 5.69 Å². The maximum Gasteiger partial charge on any atom is 0.269 e. The van der Waals surface area contributed by atoms with E-state index in [1.807, 2.05) is 0 Å². The first-order valence-electron chi connectivity index (χ1n) is 6.50. The molecule has 0 aromatic heterocycles. The third-order valence-electron chi connectivity index (χ3n) is 3.67. The molecule has 116 valence electrons. The van der Waals surface area contributed by atoms with Crippen molar-refractivity contribution >= 4 is 5.69 Å². The largest absolute Gasteiger partial charge is 0.488 e. The van der Waals surface area contributed by atoms with E-state index in [2.05, 4.69) is 0 Å². The molecule has 1 aromatic rings. The summed E-state index contributed by atoms with van der Waals surface area (Å²) in [4.78, 5) is 10.0. The number of hydrogen-bond donors (Lipinski definition) is 4. The number of aliphatic hydroxyl groups excluding tert-OH is 4. The highest BCUT2D eigenvalue weighted by Crippen LogP contribution is 2.29. The third-order valence-corrected chi connectivity index (χ3v) is 3.67. The van der Waals surface area contributed by atoms with Crippen LogP contribution >= 0.6 is 0 Å². The van der Waals surface area contributed by atoms with Crippen LogP contribution in [0.15, 0.2) is 24.3 Å².